The van der Waals surface area contributed by atoms with Gasteiger partial charge < -0.3 is 5.11 Å². The molecule has 0 aromatic carbocycles. The molecule has 0 saturated heterocycles. The van der Waals surface area contributed by atoms with E-state index in [1.807, 2.05) is 18.3 Å². The Morgan fingerprint density at radius 1 is 1.47 bits per heavy atom. The molecule has 0 aromatic heterocycles. The molecule has 1 atom stereocenters. The van der Waals surface area contributed by atoms with Gasteiger partial charge in [0.05, 0.1) is 0 Å². The maximum Gasteiger partial charge on any atom is 0.427 e. The van der Waals surface area contributed by atoms with Crippen LogP contribution in [0.4, 0.5) is 13.2 Å². The third-order valence-electron chi connectivity index (χ3n) is 1.82. The maximum atomic E-state index is 12.0. The summed E-state index contributed by atoms with van der Waals surface area (Å²) in [4.78, 5) is 3.94. The molecule has 3 nitrogen and oxygen atoms in total. The fraction of sp³-hybridized carbons (Fsp3) is 0.545. The minimum Gasteiger partial charge on any atom is -0.370 e. The Labute approximate surface area is 98.7 Å². The zero-order valence-corrected chi connectivity index (χ0v) is 9.83. The second kappa shape index (κ2) is 8.03. The van der Waals surface area contributed by atoms with Crippen LogP contribution >= 0.6 is 0 Å². The molecule has 17 heavy (non-hydrogen) atoms. The summed E-state index contributed by atoms with van der Waals surface area (Å²) < 4.78 is 35.9. The average Bonchev–Trinajstić information content (AvgIpc) is 2.26. The van der Waals surface area contributed by atoms with Crippen LogP contribution in [-0.4, -0.2) is 30.3 Å². The molecule has 0 aliphatic rings. The van der Waals surface area contributed by atoms with Crippen LogP contribution in [0.2, 0.25) is 0 Å². The van der Waals surface area contributed by atoms with Crippen molar-refractivity contribution in [2.75, 3.05) is 6.54 Å². The van der Waals surface area contributed by atoms with Crippen molar-refractivity contribution in [1.82, 2.24) is 5.32 Å². The number of rotatable bonds is 6. The molecule has 98 valence electrons. The summed E-state index contributed by atoms with van der Waals surface area (Å²) in [6.45, 7) is 3.48. The van der Waals surface area contributed by atoms with E-state index in [4.69, 9.17) is 5.11 Å². The fourth-order valence-corrected chi connectivity index (χ4v) is 0.875. The van der Waals surface area contributed by atoms with E-state index in [9.17, 15) is 13.2 Å². The first-order valence-corrected chi connectivity index (χ1v) is 5.24. The van der Waals surface area contributed by atoms with E-state index in [1.54, 1.807) is 19.1 Å². The van der Waals surface area contributed by atoms with Crippen molar-refractivity contribution >= 4 is 6.21 Å². The molecule has 0 fully saturated rings. The van der Waals surface area contributed by atoms with Gasteiger partial charge in [-0.1, -0.05) is 19.1 Å². The van der Waals surface area contributed by atoms with Crippen molar-refractivity contribution in [2.45, 2.75) is 32.7 Å². The first-order valence-electron chi connectivity index (χ1n) is 5.24. The number of allylic oxidation sites excluding steroid dienone is 3. The number of aliphatic hydroxyl groups excluding tert-OH is 1. The highest BCUT2D eigenvalue weighted by Gasteiger charge is 2.37. The summed E-state index contributed by atoms with van der Waals surface area (Å²) in [5.41, 5.74) is 0.425. The molecule has 6 heteroatoms. The smallest absolute Gasteiger partial charge is 0.370 e. The highest BCUT2D eigenvalue weighted by Crippen LogP contribution is 2.18. The van der Waals surface area contributed by atoms with Gasteiger partial charge >= 0.3 is 6.18 Å². The molecule has 0 rings (SSSR count). The van der Waals surface area contributed by atoms with Crippen LogP contribution in [0.5, 0.6) is 0 Å². The summed E-state index contributed by atoms with van der Waals surface area (Å²) >= 11 is 0. The molecular formula is C11H17F3N2O. The van der Waals surface area contributed by atoms with E-state index in [0.29, 0.717) is 5.70 Å². The molecule has 0 amide bonds. The molecule has 1 unspecified atom stereocenters. The minimum atomic E-state index is -4.66. The van der Waals surface area contributed by atoms with Gasteiger partial charge in [-0.25, -0.2) is 0 Å². The fourth-order valence-electron chi connectivity index (χ4n) is 0.875. The average molecular weight is 250 g/mol. The monoisotopic (exact) mass is 250 g/mol. The molecular weight excluding hydrogens is 233 g/mol. The molecule has 0 bridgehead atoms. The van der Waals surface area contributed by atoms with Gasteiger partial charge in [-0.15, -0.1) is 0 Å². The van der Waals surface area contributed by atoms with Gasteiger partial charge in [0.25, 0.3) is 0 Å². The Kier molecular flexibility index (Phi) is 7.49. The van der Waals surface area contributed by atoms with Crippen LogP contribution in [0.3, 0.4) is 0 Å². The van der Waals surface area contributed by atoms with Gasteiger partial charge in [0.15, 0.2) is 0 Å². The van der Waals surface area contributed by atoms with Crippen molar-refractivity contribution < 1.29 is 18.3 Å². The first kappa shape index (κ1) is 15.9. The normalized spacial score (nSPS) is 16.0. The lowest BCUT2D eigenvalue weighted by molar-refractivity contribution is -0.212. The van der Waals surface area contributed by atoms with E-state index in [0.717, 1.165) is 6.42 Å². The van der Waals surface area contributed by atoms with E-state index in [-0.39, 0.29) is 6.54 Å². The minimum absolute atomic E-state index is 0.145. The highest BCUT2D eigenvalue weighted by atomic mass is 19.4. The number of aliphatic hydroxyl groups is 1. The topological polar surface area (TPSA) is 44.6 Å². The van der Waals surface area contributed by atoms with Crippen LogP contribution < -0.4 is 5.32 Å². The van der Waals surface area contributed by atoms with Crippen LogP contribution in [0.1, 0.15) is 20.3 Å². The largest absolute Gasteiger partial charge is 0.427 e. The lowest BCUT2D eigenvalue weighted by Gasteiger charge is -2.15. The number of hydrogen-bond donors (Lipinski definition) is 2. The number of alkyl halides is 3. The third-order valence-corrected chi connectivity index (χ3v) is 1.82. The molecule has 2 N–H and O–H groups in total. The lowest BCUT2D eigenvalue weighted by Crippen LogP contribution is -2.42. The number of hydrogen-bond acceptors (Lipinski definition) is 3. The summed E-state index contributed by atoms with van der Waals surface area (Å²) in [6, 6.07) is 0. The van der Waals surface area contributed by atoms with E-state index >= 15 is 0 Å². The quantitative estimate of drug-likeness (QED) is 0.561. The zero-order valence-electron chi connectivity index (χ0n) is 9.83. The van der Waals surface area contributed by atoms with E-state index in [1.165, 1.54) is 6.21 Å². The SMILES string of the molecule is C\C=C(CNC(O)C(F)(F)F)/N=C/C=C/CC. The highest BCUT2D eigenvalue weighted by molar-refractivity contribution is 5.72. The lowest BCUT2D eigenvalue weighted by atomic mass is 10.4. The Bertz CT molecular complexity index is 296. The molecule has 0 aliphatic carbocycles. The molecule has 0 heterocycles. The molecule has 0 saturated carbocycles. The number of nitrogens with zero attached hydrogens (tertiary/aromatic N) is 1. The summed E-state index contributed by atoms with van der Waals surface area (Å²) in [7, 11) is 0. The van der Waals surface area contributed by atoms with Gasteiger partial charge in [-0.05, 0) is 19.4 Å². The van der Waals surface area contributed by atoms with Crippen molar-refractivity contribution in [1.29, 1.82) is 0 Å². The molecule has 0 aromatic rings. The van der Waals surface area contributed by atoms with Gasteiger partial charge in [-0.3, -0.25) is 10.3 Å². The number of nitrogens with one attached hydrogen (secondary N) is 1. The van der Waals surface area contributed by atoms with E-state index < -0.39 is 12.4 Å². The number of aliphatic imine (C=N–C) groups is 1. The van der Waals surface area contributed by atoms with Gasteiger partial charge in [0.2, 0.25) is 6.23 Å². The Morgan fingerprint density at radius 2 is 2.12 bits per heavy atom. The van der Waals surface area contributed by atoms with Crippen molar-refractivity contribution in [3.05, 3.63) is 23.9 Å². The summed E-state index contributed by atoms with van der Waals surface area (Å²) in [5.74, 6) is 0. The van der Waals surface area contributed by atoms with Crippen molar-refractivity contribution in [3.8, 4) is 0 Å². The van der Waals surface area contributed by atoms with Crippen molar-refractivity contribution in [2.24, 2.45) is 4.99 Å². The van der Waals surface area contributed by atoms with Crippen molar-refractivity contribution in [3.63, 3.8) is 0 Å². The summed E-state index contributed by atoms with van der Waals surface area (Å²) in [6.07, 6.45) is 0.330. The van der Waals surface area contributed by atoms with Crippen LogP contribution in [0, 0.1) is 0 Å². The standard InChI is InChI=1S/C11H17F3N2O/c1-3-5-6-7-15-9(4-2)8-16-10(17)11(12,13)14/h4-7,10,16-17H,3,8H2,1-2H3/b6-5+,9-4-,15-7+. The molecule has 0 spiro atoms. The van der Waals surface area contributed by atoms with Gasteiger partial charge in [0, 0.05) is 18.5 Å². The Balaban J connectivity index is 4.17. The first-order chi connectivity index (χ1) is 7.91. The Morgan fingerprint density at radius 3 is 2.59 bits per heavy atom. The summed E-state index contributed by atoms with van der Waals surface area (Å²) in [5, 5.41) is 10.6. The molecule has 0 aliphatic heterocycles. The predicted octanol–water partition coefficient (Wildman–Crippen LogP) is 2.40. The third kappa shape index (κ3) is 7.70. The van der Waals surface area contributed by atoms with Gasteiger partial charge in [0.1, 0.15) is 0 Å². The van der Waals surface area contributed by atoms with Crippen LogP contribution in [0.15, 0.2) is 28.9 Å². The zero-order chi connectivity index (χ0) is 13.3. The molecule has 0 radical (unpaired) electrons. The number of halogens is 3. The Hall–Kier alpha value is -1.14. The predicted molar refractivity (Wildman–Crippen MR) is 61.7 cm³/mol. The second-order valence-corrected chi connectivity index (χ2v) is 3.22. The second-order valence-electron chi connectivity index (χ2n) is 3.22. The van der Waals surface area contributed by atoms with Crippen LogP contribution in [-0.2, 0) is 0 Å². The maximum absolute atomic E-state index is 12.0. The van der Waals surface area contributed by atoms with Gasteiger partial charge in [-0.2, -0.15) is 13.2 Å². The van der Waals surface area contributed by atoms with Crippen LogP contribution in [0.25, 0.3) is 0 Å². The van der Waals surface area contributed by atoms with E-state index in [2.05, 4.69) is 4.99 Å².